The summed E-state index contributed by atoms with van der Waals surface area (Å²) >= 11 is 10.9. The van der Waals surface area contributed by atoms with Gasteiger partial charge >= 0.3 is 0 Å². The molecule has 0 aliphatic heterocycles. The van der Waals surface area contributed by atoms with Crippen molar-refractivity contribution in [2.24, 2.45) is 0 Å². The smallest absolute Gasteiger partial charge is 0.275 e. The molecule has 0 aliphatic carbocycles. The van der Waals surface area contributed by atoms with Gasteiger partial charge in [0.15, 0.2) is 11.4 Å². The van der Waals surface area contributed by atoms with Crippen molar-refractivity contribution in [3.05, 3.63) is 23.9 Å². The number of carbonyl (C=O) groups excluding carboxylic acids is 1. The topological polar surface area (TPSA) is 47.0 Å². The molecule has 0 fully saturated rings. The van der Waals surface area contributed by atoms with Crippen molar-refractivity contribution >= 4 is 34.8 Å². The fourth-order valence-corrected chi connectivity index (χ4v) is 1.20. The molecule has 0 aromatic carbocycles. The minimum absolute atomic E-state index is 0. The lowest BCUT2D eigenvalue weighted by atomic mass is 10.3. The summed E-state index contributed by atoms with van der Waals surface area (Å²) in [7, 11) is 0. The van der Waals surface area contributed by atoms with E-state index < -0.39 is 4.84 Å². The Kier molecular flexibility index (Phi) is 5.95. The van der Waals surface area contributed by atoms with Gasteiger partial charge in [0.2, 0.25) is 5.78 Å². The molecule has 0 atom stereocenters. The number of nitrogens with two attached hydrogens (primary N) is 1. The third-order valence-corrected chi connectivity index (χ3v) is 2.38. The van der Waals surface area contributed by atoms with Gasteiger partial charge in [-0.1, -0.05) is 23.2 Å². The number of rotatable bonds is 3. The Balaban J connectivity index is 0.00000196. The number of carbonyl (C=O) groups is 1. The van der Waals surface area contributed by atoms with Crippen LogP contribution < -0.4 is 22.7 Å². The summed E-state index contributed by atoms with van der Waals surface area (Å²) in [4.78, 5) is 10.2. The van der Waals surface area contributed by atoms with E-state index in [0.29, 0.717) is 5.82 Å². The number of alkyl halides is 2. The van der Waals surface area contributed by atoms with Crippen LogP contribution in [-0.2, 0) is 11.3 Å². The zero-order valence-corrected chi connectivity index (χ0v) is 10.4. The van der Waals surface area contributed by atoms with Crippen LogP contribution in [0.2, 0.25) is 0 Å². The number of aryl methyl sites for hydroxylation is 1. The van der Waals surface area contributed by atoms with Gasteiger partial charge in [0.05, 0.1) is 6.20 Å². The maximum Gasteiger partial charge on any atom is 0.275 e. The zero-order valence-electron chi connectivity index (χ0n) is 8.08. The van der Waals surface area contributed by atoms with E-state index in [2.05, 4.69) is 0 Å². The highest BCUT2D eigenvalue weighted by atomic mass is 35.5. The van der Waals surface area contributed by atoms with E-state index in [0.717, 1.165) is 5.56 Å². The van der Waals surface area contributed by atoms with Gasteiger partial charge in [-0.2, -0.15) is 0 Å². The molecule has 0 amide bonds. The Morgan fingerprint density at radius 2 is 2.20 bits per heavy atom. The van der Waals surface area contributed by atoms with Crippen LogP contribution in [0.15, 0.2) is 18.3 Å². The summed E-state index contributed by atoms with van der Waals surface area (Å²) in [6.07, 6.45) is 1.72. The number of halogens is 3. The molecular weight excluding hydrogens is 258 g/mol. The number of anilines is 1. The number of hydrogen-bond acceptors (Lipinski definition) is 2. The summed E-state index contributed by atoms with van der Waals surface area (Å²) in [5.74, 6) is 0.283. The highest BCUT2D eigenvalue weighted by Gasteiger charge is 2.17. The predicted molar refractivity (Wildman–Crippen MR) is 56.3 cm³/mol. The van der Waals surface area contributed by atoms with Crippen molar-refractivity contribution in [2.75, 3.05) is 5.73 Å². The van der Waals surface area contributed by atoms with Gasteiger partial charge in [0.25, 0.3) is 5.82 Å². The highest BCUT2D eigenvalue weighted by molar-refractivity contribution is 6.53. The maximum atomic E-state index is 11.2. The van der Waals surface area contributed by atoms with Crippen LogP contribution in [0.25, 0.3) is 0 Å². The SMILES string of the molecule is Cc1ccc[n+](CC(=O)C(Cl)Cl)c1N.[Cl-]. The molecule has 15 heavy (non-hydrogen) atoms. The summed E-state index contributed by atoms with van der Waals surface area (Å²) in [6.45, 7) is 1.97. The van der Waals surface area contributed by atoms with Crippen LogP contribution >= 0.6 is 23.2 Å². The average molecular weight is 270 g/mol. The first-order chi connectivity index (χ1) is 6.52. The summed E-state index contributed by atoms with van der Waals surface area (Å²) in [5.41, 5.74) is 6.67. The second kappa shape index (κ2) is 6.16. The van der Waals surface area contributed by atoms with Crippen LogP contribution in [0, 0.1) is 6.92 Å². The number of Topliss-reactive ketones (excluding diaryl/α,β-unsaturated/α-hetero) is 1. The Hall–Kier alpha value is -0.510. The minimum Gasteiger partial charge on any atom is -1.00 e. The Morgan fingerprint density at radius 1 is 1.60 bits per heavy atom. The molecule has 0 aliphatic rings. The summed E-state index contributed by atoms with van der Waals surface area (Å²) in [5, 5.41) is 0. The molecule has 1 aromatic rings. The molecule has 1 aromatic heterocycles. The number of ketones is 1. The fraction of sp³-hybridized carbons (Fsp3) is 0.333. The molecule has 6 heteroatoms. The molecule has 0 saturated carbocycles. The van der Waals surface area contributed by atoms with Crippen LogP contribution in [-0.4, -0.2) is 10.6 Å². The second-order valence-corrected chi connectivity index (χ2v) is 4.07. The minimum atomic E-state index is -0.998. The van der Waals surface area contributed by atoms with Gasteiger partial charge < -0.3 is 12.4 Å². The molecule has 0 unspecified atom stereocenters. The van der Waals surface area contributed by atoms with Crippen molar-refractivity contribution < 1.29 is 21.8 Å². The molecule has 2 N–H and O–H groups in total. The van der Waals surface area contributed by atoms with Gasteiger partial charge in [-0.25, -0.2) is 4.57 Å². The number of pyridine rings is 1. The van der Waals surface area contributed by atoms with E-state index in [4.69, 9.17) is 28.9 Å². The number of nitrogens with zero attached hydrogens (tertiary/aromatic N) is 1. The fourth-order valence-electron chi connectivity index (χ4n) is 1.06. The van der Waals surface area contributed by atoms with Gasteiger partial charge in [-0.3, -0.25) is 10.5 Å². The van der Waals surface area contributed by atoms with E-state index >= 15 is 0 Å². The standard InChI is InChI=1S/C9H10Cl2N2O.ClH/c1-6-3-2-4-13(9(6)12)5-7(14)8(10)11;/h2-4,8,12H,5H2,1H3;1H. The van der Waals surface area contributed by atoms with Crippen molar-refractivity contribution in [1.29, 1.82) is 0 Å². The molecular formula is C9H11Cl3N2O. The Bertz CT molecular complexity index is 355. The first-order valence-corrected chi connectivity index (χ1v) is 4.95. The van der Waals surface area contributed by atoms with Crippen LogP contribution in [0.4, 0.5) is 5.82 Å². The molecule has 1 rings (SSSR count). The number of nitrogen functional groups attached to an aromatic ring is 1. The molecule has 0 spiro atoms. The van der Waals surface area contributed by atoms with Crippen LogP contribution in [0.1, 0.15) is 5.56 Å². The maximum absolute atomic E-state index is 11.2. The molecule has 0 radical (unpaired) electrons. The molecule has 3 nitrogen and oxygen atoms in total. The van der Waals surface area contributed by atoms with E-state index in [9.17, 15) is 4.79 Å². The first kappa shape index (κ1) is 14.5. The van der Waals surface area contributed by atoms with Gasteiger partial charge in [0, 0.05) is 5.56 Å². The number of aromatic nitrogens is 1. The predicted octanol–water partition coefficient (Wildman–Crippen LogP) is -1.76. The van der Waals surface area contributed by atoms with Crippen molar-refractivity contribution in [1.82, 2.24) is 0 Å². The molecule has 1 heterocycles. The normalized spacial score (nSPS) is 9.87. The third-order valence-electron chi connectivity index (χ3n) is 1.90. The zero-order chi connectivity index (χ0) is 10.7. The number of hydrogen-bond donors (Lipinski definition) is 1. The summed E-state index contributed by atoms with van der Waals surface area (Å²) in [6, 6.07) is 3.69. The monoisotopic (exact) mass is 268 g/mol. The van der Waals surface area contributed by atoms with Crippen LogP contribution in [0.3, 0.4) is 0 Å². The van der Waals surface area contributed by atoms with E-state index in [-0.39, 0.29) is 24.7 Å². The molecule has 84 valence electrons. The van der Waals surface area contributed by atoms with Crippen molar-refractivity contribution in [3.8, 4) is 0 Å². The largest absolute Gasteiger partial charge is 1.00 e. The lowest BCUT2D eigenvalue weighted by Gasteiger charge is -2.04. The molecule has 0 saturated heterocycles. The van der Waals surface area contributed by atoms with Crippen LogP contribution in [0.5, 0.6) is 0 Å². The quantitative estimate of drug-likeness (QED) is 0.522. The van der Waals surface area contributed by atoms with E-state index in [1.807, 2.05) is 19.1 Å². The molecule has 0 bridgehead atoms. The Morgan fingerprint density at radius 3 is 2.73 bits per heavy atom. The van der Waals surface area contributed by atoms with Crippen molar-refractivity contribution in [2.45, 2.75) is 18.3 Å². The summed E-state index contributed by atoms with van der Waals surface area (Å²) < 4.78 is 1.62. The van der Waals surface area contributed by atoms with Gasteiger partial charge in [-0.15, -0.1) is 0 Å². The Labute approximate surface area is 105 Å². The first-order valence-electron chi connectivity index (χ1n) is 4.07. The average Bonchev–Trinajstić information content (AvgIpc) is 2.12. The van der Waals surface area contributed by atoms with Crippen molar-refractivity contribution in [3.63, 3.8) is 0 Å². The lowest BCUT2D eigenvalue weighted by molar-refractivity contribution is -0.670. The second-order valence-electron chi connectivity index (χ2n) is 2.97. The van der Waals surface area contributed by atoms with E-state index in [1.54, 1.807) is 10.8 Å². The van der Waals surface area contributed by atoms with Gasteiger partial charge in [-0.05, 0) is 19.1 Å². The lowest BCUT2D eigenvalue weighted by Crippen LogP contribution is -3.00. The van der Waals surface area contributed by atoms with Gasteiger partial charge in [0.1, 0.15) is 0 Å². The van der Waals surface area contributed by atoms with E-state index in [1.165, 1.54) is 0 Å². The third kappa shape index (κ3) is 3.86. The highest BCUT2D eigenvalue weighted by Crippen LogP contribution is 2.05.